The lowest BCUT2D eigenvalue weighted by Crippen LogP contribution is -2.22. The Labute approximate surface area is 204 Å². The molecule has 0 bridgehead atoms. The predicted octanol–water partition coefficient (Wildman–Crippen LogP) is 3.10. The van der Waals surface area contributed by atoms with Crippen molar-refractivity contribution in [3.63, 3.8) is 0 Å². The fraction of sp³-hybridized carbons (Fsp3) is 0. The highest BCUT2D eigenvalue weighted by molar-refractivity contribution is 5.95. The number of fused-ring (bicyclic) bond motifs is 2. The van der Waals surface area contributed by atoms with E-state index in [2.05, 4.69) is 41.2 Å². The predicted molar refractivity (Wildman–Crippen MR) is 136 cm³/mol. The number of nitrogens with one attached hydrogen (secondary N) is 2. The van der Waals surface area contributed by atoms with Gasteiger partial charge in [0.2, 0.25) is 0 Å². The lowest BCUT2D eigenvalue weighted by atomic mass is 10.2. The third kappa shape index (κ3) is 5.23. The molecule has 0 saturated carbocycles. The van der Waals surface area contributed by atoms with Gasteiger partial charge in [0, 0.05) is 10.8 Å². The summed E-state index contributed by atoms with van der Waals surface area (Å²) in [5, 5.41) is 17.4. The van der Waals surface area contributed by atoms with Gasteiger partial charge in [-0.05, 0) is 36.4 Å². The number of para-hydroxylation sites is 2. The van der Waals surface area contributed by atoms with Crippen LogP contribution in [0.4, 0.5) is 0 Å². The van der Waals surface area contributed by atoms with E-state index in [9.17, 15) is 9.59 Å². The second kappa shape index (κ2) is 10.3. The minimum absolute atomic E-state index is 0.000893. The molecule has 5 rings (SSSR count). The van der Waals surface area contributed by atoms with Crippen LogP contribution in [0.5, 0.6) is 0 Å². The van der Waals surface area contributed by atoms with E-state index < -0.39 is 11.8 Å². The molecule has 5 aromatic rings. The molecular formula is C26H18N8O2. The van der Waals surface area contributed by atoms with Crippen LogP contribution in [-0.2, 0) is 0 Å². The Kier molecular flexibility index (Phi) is 6.39. The van der Waals surface area contributed by atoms with Crippen LogP contribution in [0.3, 0.4) is 0 Å². The largest absolute Gasteiger partial charge is 0.291 e. The average Bonchev–Trinajstić information content (AvgIpc) is 2.93. The Morgan fingerprint density at radius 1 is 0.583 bits per heavy atom. The topological polar surface area (TPSA) is 134 Å². The van der Waals surface area contributed by atoms with E-state index in [1.54, 1.807) is 12.1 Å². The van der Waals surface area contributed by atoms with Gasteiger partial charge in [-0.15, -0.1) is 10.2 Å². The van der Waals surface area contributed by atoms with Crippen molar-refractivity contribution in [3.8, 4) is 0 Å². The molecule has 0 aliphatic carbocycles. The van der Waals surface area contributed by atoms with Crippen molar-refractivity contribution < 1.29 is 9.59 Å². The molecular weight excluding hydrogens is 456 g/mol. The molecule has 3 heterocycles. The molecule has 0 radical (unpaired) electrons. The maximum Gasteiger partial charge on any atom is 0.291 e. The van der Waals surface area contributed by atoms with Crippen LogP contribution >= 0.6 is 0 Å². The van der Waals surface area contributed by atoms with E-state index in [0.29, 0.717) is 11.4 Å². The van der Waals surface area contributed by atoms with Crippen LogP contribution in [0.25, 0.3) is 21.8 Å². The highest BCUT2D eigenvalue weighted by atomic mass is 16.2. The normalized spacial score (nSPS) is 11.3. The molecule has 36 heavy (non-hydrogen) atoms. The molecule has 0 unspecified atom stereocenters. The highest BCUT2D eigenvalue weighted by Crippen LogP contribution is 2.11. The zero-order valence-electron chi connectivity index (χ0n) is 18.7. The van der Waals surface area contributed by atoms with Gasteiger partial charge in [-0.3, -0.25) is 9.59 Å². The summed E-state index contributed by atoms with van der Waals surface area (Å²) in [6.07, 6.45) is 2.87. The van der Waals surface area contributed by atoms with E-state index in [0.717, 1.165) is 21.8 Å². The Morgan fingerprint density at radius 2 is 1.03 bits per heavy atom. The number of benzene rings is 2. The second-order valence-electron chi connectivity index (χ2n) is 7.56. The summed E-state index contributed by atoms with van der Waals surface area (Å²) in [6.45, 7) is 0. The molecule has 0 spiro atoms. The van der Waals surface area contributed by atoms with Crippen molar-refractivity contribution in [1.29, 1.82) is 0 Å². The van der Waals surface area contributed by atoms with Gasteiger partial charge in [0.15, 0.2) is 11.4 Å². The van der Waals surface area contributed by atoms with Crippen molar-refractivity contribution in [2.24, 2.45) is 10.2 Å². The molecule has 3 aromatic heterocycles. The summed E-state index contributed by atoms with van der Waals surface area (Å²) >= 11 is 0. The van der Waals surface area contributed by atoms with Gasteiger partial charge in [-0.2, -0.15) is 10.2 Å². The number of hydrogen-bond donors (Lipinski definition) is 2. The van der Waals surface area contributed by atoms with Crippen molar-refractivity contribution in [2.75, 3.05) is 0 Å². The van der Waals surface area contributed by atoms with E-state index in [4.69, 9.17) is 0 Å². The third-order valence-electron chi connectivity index (χ3n) is 5.10. The quantitative estimate of drug-likeness (QED) is 0.287. The van der Waals surface area contributed by atoms with Crippen molar-refractivity contribution in [2.45, 2.75) is 0 Å². The summed E-state index contributed by atoms with van der Waals surface area (Å²) in [4.78, 5) is 33.4. The van der Waals surface area contributed by atoms with E-state index in [-0.39, 0.29) is 11.4 Å². The molecule has 2 amide bonds. The first kappa shape index (κ1) is 22.4. The Morgan fingerprint density at radius 3 is 1.47 bits per heavy atom. The Bertz CT molecular complexity index is 1510. The van der Waals surface area contributed by atoms with Gasteiger partial charge in [0.05, 0.1) is 34.9 Å². The lowest BCUT2D eigenvalue weighted by molar-refractivity contribution is 0.0933. The summed E-state index contributed by atoms with van der Waals surface area (Å²) in [5.74, 6) is -1.15. The standard InChI is InChI=1S/C26H18N8O2/c35-25(33-27-15-19-11-9-17-5-1-3-7-21(17)29-19)23-13-14-24(32-31-23)26(36)34-28-16-20-12-10-18-6-2-4-8-22(18)30-20/h1-16H,(H,33,35)(H,34,36)/b27-15+,28-16+. The fourth-order valence-corrected chi connectivity index (χ4v) is 3.31. The van der Waals surface area contributed by atoms with Gasteiger partial charge < -0.3 is 0 Å². The monoisotopic (exact) mass is 474 g/mol. The van der Waals surface area contributed by atoms with Crippen LogP contribution in [-0.4, -0.2) is 44.4 Å². The highest BCUT2D eigenvalue weighted by Gasteiger charge is 2.11. The molecule has 10 nitrogen and oxygen atoms in total. The number of pyridine rings is 2. The molecule has 10 heteroatoms. The van der Waals surface area contributed by atoms with Crippen molar-refractivity contribution >= 4 is 46.0 Å². The van der Waals surface area contributed by atoms with Crippen LogP contribution in [0.15, 0.2) is 95.1 Å². The zero-order valence-corrected chi connectivity index (χ0v) is 18.7. The maximum absolute atomic E-state index is 12.3. The zero-order chi connectivity index (χ0) is 24.7. The van der Waals surface area contributed by atoms with E-state index >= 15 is 0 Å². The number of amides is 2. The molecule has 0 aliphatic rings. The lowest BCUT2D eigenvalue weighted by Gasteiger charge is -2.01. The number of nitrogens with zero attached hydrogens (tertiary/aromatic N) is 6. The van der Waals surface area contributed by atoms with Gasteiger partial charge in [-0.1, -0.05) is 48.5 Å². The van der Waals surface area contributed by atoms with Gasteiger partial charge in [0.25, 0.3) is 11.8 Å². The number of carbonyl (C=O) groups excluding carboxylic acids is 2. The number of hydrogen-bond acceptors (Lipinski definition) is 8. The molecule has 0 atom stereocenters. The fourth-order valence-electron chi connectivity index (χ4n) is 3.31. The molecule has 0 saturated heterocycles. The first-order valence-corrected chi connectivity index (χ1v) is 10.9. The number of hydrazone groups is 2. The third-order valence-corrected chi connectivity index (χ3v) is 5.10. The van der Waals surface area contributed by atoms with Crippen LogP contribution in [0, 0.1) is 0 Å². The van der Waals surface area contributed by atoms with Gasteiger partial charge >= 0.3 is 0 Å². The minimum atomic E-state index is -0.577. The summed E-state index contributed by atoms with van der Waals surface area (Å²) in [5.41, 5.74) is 7.56. The SMILES string of the molecule is O=C(N/N=C/c1ccc2ccccc2n1)c1ccc(C(=O)N/N=C/c2ccc3ccccc3n2)nn1. The minimum Gasteiger partial charge on any atom is -0.265 e. The first-order chi connectivity index (χ1) is 17.7. The van der Waals surface area contributed by atoms with Crippen LogP contribution in [0.2, 0.25) is 0 Å². The van der Waals surface area contributed by atoms with Crippen molar-refractivity contribution in [1.82, 2.24) is 31.0 Å². The van der Waals surface area contributed by atoms with Gasteiger partial charge in [-0.25, -0.2) is 20.8 Å². The molecule has 0 fully saturated rings. The maximum atomic E-state index is 12.3. The van der Waals surface area contributed by atoms with E-state index in [1.807, 2.05) is 60.7 Å². The van der Waals surface area contributed by atoms with Gasteiger partial charge in [0.1, 0.15) is 0 Å². The molecule has 2 aromatic carbocycles. The number of aromatic nitrogens is 4. The average molecular weight is 474 g/mol. The summed E-state index contributed by atoms with van der Waals surface area (Å²) in [7, 11) is 0. The second-order valence-corrected chi connectivity index (χ2v) is 7.56. The number of rotatable bonds is 6. The first-order valence-electron chi connectivity index (χ1n) is 10.9. The molecule has 174 valence electrons. The number of carbonyl (C=O) groups is 2. The summed E-state index contributed by atoms with van der Waals surface area (Å²) in [6, 6.07) is 25.5. The van der Waals surface area contributed by atoms with Crippen LogP contribution < -0.4 is 10.9 Å². The Hall–Kier alpha value is -5.38. The van der Waals surface area contributed by atoms with Crippen molar-refractivity contribution in [3.05, 3.63) is 108 Å². The molecule has 0 aliphatic heterocycles. The molecule has 2 N–H and O–H groups in total. The smallest absolute Gasteiger partial charge is 0.265 e. The summed E-state index contributed by atoms with van der Waals surface area (Å²) < 4.78 is 0. The Balaban J connectivity index is 1.16. The van der Waals surface area contributed by atoms with E-state index in [1.165, 1.54) is 24.6 Å². The van der Waals surface area contributed by atoms with Crippen LogP contribution in [0.1, 0.15) is 32.4 Å².